The van der Waals surface area contributed by atoms with Crippen LogP contribution in [0.4, 0.5) is 0 Å². The second-order valence-electron chi connectivity index (χ2n) is 5.02. The first-order valence-corrected chi connectivity index (χ1v) is 5.94. The first-order valence-electron chi connectivity index (χ1n) is 5.94. The number of methoxy groups -OCH3 is 1. The van der Waals surface area contributed by atoms with Crippen LogP contribution in [0.15, 0.2) is 0 Å². The monoisotopic (exact) mass is 230 g/mol. The minimum absolute atomic E-state index is 0.233. The number of carbonyl (C=O) groups is 1. The van der Waals surface area contributed by atoms with Crippen molar-refractivity contribution in [3.63, 3.8) is 0 Å². The standard InChI is InChI=1S/C12H26N2O2/c1-9(2)7-14(8-10(3)4)11(6-13)12(15)16-5/h9-11H,6-8,13H2,1-5H3. The van der Waals surface area contributed by atoms with Gasteiger partial charge in [-0.3, -0.25) is 9.69 Å². The van der Waals surface area contributed by atoms with Gasteiger partial charge in [0.15, 0.2) is 0 Å². The Morgan fingerprint density at radius 1 is 1.19 bits per heavy atom. The zero-order chi connectivity index (χ0) is 12.7. The van der Waals surface area contributed by atoms with Gasteiger partial charge in [0.05, 0.1) is 7.11 Å². The third-order valence-electron chi connectivity index (χ3n) is 2.34. The summed E-state index contributed by atoms with van der Waals surface area (Å²) in [5.74, 6) is 0.790. The summed E-state index contributed by atoms with van der Waals surface area (Å²) < 4.78 is 4.79. The van der Waals surface area contributed by atoms with Gasteiger partial charge in [-0.05, 0) is 11.8 Å². The molecule has 0 aliphatic heterocycles. The van der Waals surface area contributed by atoms with Crippen LogP contribution >= 0.6 is 0 Å². The van der Waals surface area contributed by atoms with E-state index in [-0.39, 0.29) is 12.0 Å². The van der Waals surface area contributed by atoms with E-state index >= 15 is 0 Å². The molecule has 0 aromatic heterocycles. The van der Waals surface area contributed by atoms with Gasteiger partial charge in [-0.2, -0.15) is 0 Å². The normalized spacial score (nSPS) is 13.6. The lowest BCUT2D eigenvalue weighted by Crippen LogP contribution is -2.49. The molecule has 96 valence electrons. The lowest BCUT2D eigenvalue weighted by Gasteiger charge is -2.31. The van der Waals surface area contributed by atoms with Crippen molar-refractivity contribution in [1.29, 1.82) is 0 Å². The zero-order valence-electron chi connectivity index (χ0n) is 11.2. The van der Waals surface area contributed by atoms with Crippen molar-refractivity contribution in [3.8, 4) is 0 Å². The molecule has 0 heterocycles. The Hall–Kier alpha value is -0.610. The minimum atomic E-state index is -0.310. The maximum Gasteiger partial charge on any atom is 0.324 e. The molecule has 0 bridgehead atoms. The maximum absolute atomic E-state index is 11.6. The molecule has 0 aliphatic carbocycles. The van der Waals surface area contributed by atoms with Crippen LogP contribution in [0.1, 0.15) is 27.7 Å². The predicted molar refractivity (Wildman–Crippen MR) is 66.1 cm³/mol. The number of carbonyl (C=O) groups excluding carboxylic acids is 1. The van der Waals surface area contributed by atoms with E-state index in [1.165, 1.54) is 7.11 Å². The summed E-state index contributed by atoms with van der Waals surface area (Å²) in [7, 11) is 1.41. The molecule has 0 fully saturated rings. The van der Waals surface area contributed by atoms with Crippen LogP contribution in [-0.2, 0) is 9.53 Å². The summed E-state index contributed by atoms with van der Waals surface area (Å²) in [6, 6.07) is -0.310. The lowest BCUT2D eigenvalue weighted by molar-refractivity contribution is -0.147. The fourth-order valence-electron chi connectivity index (χ4n) is 1.80. The summed E-state index contributed by atoms with van der Waals surface area (Å²) in [6.07, 6.45) is 0. The zero-order valence-corrected chi connectivity index (χ0v) is 11.2. The molecule has 0 saturated heterocycles. The van der Waals surface area contributed by atoms with Crippen molar-refractivity contribution in [2.24, 2.45) is 17.6 Å². The summed E-state index contributed by atoms with van der Waals surface area (Å²) in [4.78, 5) is 13.7. The molecular formula is C12H26N2O2. The highest BCUT2D eigenvalue weighted by molar-refractivity contribution is 5.75. The number of rotatable bonds is 7. The third-order valence-corrected chi connectivity index (χ3v) is 2.34. The SMILES string of the molecule is COC(=O)C(CN)N(CC(C)C)CC(C)C. The molecule has 0 saturated carbocycles. The Balaban J connectivity index is 4.61. The van der Waals surface area contributed by atoms with Crippen molar-refractivity contribution in [1.82, 2.24) is 4.90 Å². The summed E-state index contributed by atoms with van der Waals surface area (Å²) >= 11 is 0. The van der Waals surface area contributed by atoms with E-state index in [0.717, 1.165) is 13.1 Å². The smallest absolute Gasteiger partial charge is 0.324 e. The first kappa shape index (κ1) is 15.4. The molecule has 0 spiro atoms. The number of hydrogen-bond acceptors (Lipinski definition) is 4. The number of nitrogens with zero attached hydrogens (tertiary/aromatic N) is 1. The molecule has 1 unspecified atom stereocenters. The molecule has 4 nitrogen and oxygen atoms in total. The molecule has 4 heteroatoms. The summed E-state index contributed by atoms with van der Waals surface area (Å²) in [5.41, 5.74) is 5.66. The Kier molecular flexibility index (Phi) is 7.34. The Morgan fingerprint density at radius 3 is 1.88 bits per heavy atom. The molecule has 0 aromatic carbocycles. The second kappa shape index (κ2) is 7.63. The minimum Gasteiger partial charge on any atom is -0.468 e. The van der Waals surface area contributed by atoms with Gasteiger partial charge in [0.1, 0.15) is 6.04 Å². The fraction of sp³-hybridized carbons (Fsp3) is 0.917. The van der Waals surface area contributed by atoms with Crippen molar-refractivity contribution < 1.29 is 9.53 Å². The average Bonchev–Trinajstić information content (AvgIpc) is 2.16. The topological polar surface area (TPSA) is 55.6 Å². The Bertz CT molecular complexity index is 195. The van der Waals surface area contributed by atoms with Crippen LogP contribution in [0, 0.1) is 11.8 Å². The van der Waals surface area contributed by atoms with Gasteiger partial charge in [0, 0.05) is 19.6 Å². The van der Waals surface area contributed by atoms with Crippen LogP contribution in [0.5, 0.6) is 0 Å². The largest absolute Gasteiger partial charge is 0.468 e. The molecule has 0 aliphatic rings. The van der Waals surface area contributed by atoms with Gasteiger partial charge in [0.25, 0.3) is 0 Å². The first-order chi connectivity index (χ1) is 7.42. The van der Waals surface area contributed by atoms with E-state index in [1.807, 2.05) is 0 Å². The van der Waals surface area contributed by atoms with E-state index in [1.54, 1.807) is 0 Å². The van der Waals surface area contributed by atoms with Crippen LogP contribution in [0.25, 0.3) is 0 Å². The van der Waals surface area contributed by atoms with Crippen LogP contribution < -0.4 is 5.73 Å². The Labute approximate surface area is 99.1 Å². The van der Waals surface area contributed by atoms with Gasteiger partial charge in [-0.15, -0.1) is 0 Å². The van der Waals surface area contributed by atoms with Gasteiger partial charge in [-0.1, -0.05) is 27.7 Å². The lowest BCUT2D eigenvalue weighted by atomic mass is 10.1. The molecule has 0 amide bonds. The van der Waals surface area contributed by atoms with E-state index < -0.39 is 0 Å². The number of nitrogens with two attached hydrogens (primary N) is 1. The number of esters is 1. The van der Waals surface area contributed by atoms with Crippen LogP contribution in [0.3, 0.4) is 0 Å². The van der Waals surface area contributed by atoms with Gasteiger partial charge in [-0.25, -0.2) is 0 Å². The van der Waals surface area contributed by atoms with E-state index in [9.17, 15) is 4.79 Å². The number of hydrogen-bond donors (Lipinski definition) is 1. The van der Waals surface area contributed by atoms with Crippen LogP contribution in [0.2, 0.25) is 0 Å². The average molecular weight is 230 g/mol. The summed E-state index contributed by atoms with van der Waals surface area (Å²) in [5, 5.41) is 0. The van der Waals surface area contributed by atoms with E-state index in [2.05, 4.69) is 32.6 Å². The molecule has 0 aromatic rings. The highest BCUT2D eigenvalue weighted by atomic mass is 16.5. The highest BCUT2D eigenvalue weighted by Crippen LogP contribution is 2.09. The van der Waals surface area contributed by atoms with Gasteiger partial charge in [0.2, 0.25) is 0 Å². The number of ether oxygens (including phenoxy) is 1. The van der Waals surface area contributed by atoms with Crippen molar-refractivity contribution in [2.45, 2.75) is 33.7 Å². The highest BCUT2D eigenvalue weighted by Gasteiger charge is 2.26. The van der Waals surface area contributed by atoms with Crippen molar-refractivity contribution in [3.05, 3.63) is 0 Å². The van der Waals surface area contributed by atoms with Gasteiger partial charge < -0.3 is 10.5 Å². The predicted octanol–water partition coefficient (Wildman–Crippen LogP) is 1.10. The van der Waals surface area contributed by atoms with E-state index in [0.29, 0.717) is 18.4 Å². The quantitative estimate of drug-likeness (QED) is 0.665. The molecule has 1 atom stereocenters. The second-order valence-corrected chi connectivity index (χ2v) is 5.02. The molecule has 2 N–H and O–H groups in total. The van der Waals surface area contributed by atoms with Crippen molar-refractivity contribution in [2.75, 3.05) is 26.7 Å². The van der Waals surface area contributed by atoms with Gasteiger partial charge >= 0.3 is 5.97 Å². The molecular weight excluding hydrogens is 204 g/mol. The van der Waals surface area contributed by atoms with E-state index in [4.69, 9.17) is 10.5 Å². The molecule has 0 radical (unpaired) electrons. The van der Waals surface area contributed by atoms with Crippen molar-refractivity contribution >= 4 is 5.97 Å². The van der Waals surface area contributed by atoms with Crippen LogP contribution in [-0.4, -0.2) is 43.7 Å². The third kappa shape index (κ3) is 5.47. The molecule has 16 heavy (non-hydrogen) atoms. The Morgan fingerprint density at radius 2 is 1.62 bits per heavy atom. The summed E-state index contributed by atoms with van der Waals surface area (Å²) in [6.45, 7) is 10.6. The maximum atomic E-state index is 11.6. The molecule has 0 rings (SSSR count). The fourth-order valence-corrected chi connectivity index (χ4v) is 1.80.